The number of hydrogen-bond donors (Lipinski definition) is 1. The van der Waals surface area contributed by atoms with Gasteiger partial charge in [-0.15, -0.1) is 0 Å². The zero-order chi connectivity index (χ0) is 19.8. The largest absolute Gasteiger partial charge is 0.478 e. The molecule has 28 heavy (non-hydrogen) atoms. The molecule has 2 heterocycles. The fraction of sp³-hybridized carbons (Fsp3) is 0.190. The van der Waals surface area contributed by atoms with Crippen molar-refractivity contribution < 1.29 is 9.90 Å². The fourth-order valence-corrected chi connectivity index (χ4v) is 4.30. The van der Waals surface area contributed by atoms with Gasteiger partial charge in [-0.1, -0.05) is 23.5 Å². The first-order valence-corrected chi connectivity index (χ1v) is 9.88. The Morgan fingerprint density at radius 3 is 2.54 bits per heavy atom. The Bertz CT molecular complexity index is 1280. The number of hydrogen-bond acceptors (Lipinski definition) is 5. The van der Waals surface area contributed by atoms with E-state index in [4.69, 9.17) is 0 Å². The maximum absolute atomic E-state index is 12.9. The summed E-state index contributed by atoms with van der Waals surface area (Å²) in [4.78, 5) is 31.4. The summed E-state index contributed by atoms with van der Waals surface area (Å²) in [6.45, 7) is 6.12. The highest BCUT2D eigenvalue weighted by atomic mass is 32.1. The zero-order valence-electron chi connectivity index (χ0n) is 15.5. The molecule has 0 atom stereocenters. The molecule has 0 spiro atoms. The number of imidazole rings is 1. The summed E-state index contributed by atoms with van der Waals surface area (Å²) in [5, 5.41) is 9.21. The number of carbonyl (C=O) groups is 1. The predicted molar refractivity (Wildman–Crippen MR) is 113 cm³/mol. The number of aromatic carboxylic acids is 1. The first-order chi connectivity index (χ1) is 13.5. The molecule has 4 rings (SSSR count). The molecule has 1 N–H and O–H groups in total. The molecule has 0 aliphatic rings. The second-order valence-electron chi connectivity index (χ2n) is 6.42. The van der Waals surface area contributed by atoms with E-state index < -0.39 is 5.97 Å². The van der Waals surface area contributed by atoms with Crippen LogP contribution in [-0.2, 0) is 0 Å². The highest BCUT2D eigenvalue weighted by Gasteiger charge is 2.13. The van der Waals surface area contributed by atoms with Crippen LogP contribution in [0.5, 0.6) is 0 Å². The van der Waals surface area contributed by atoms with Crippen LogP contribution in [0.25, 0.3) is 22.1 Å². The molecule has 0 saturated carbocycles. The van der Waals surface area contributed by atoms with Crippen LogP contribution in [0.2, 0.25) is 0 Å². The van der Waals surface area contributed by atoms with E-state index in [9.17, 15) is 14.7 Å². The predicted octanol–water partition coefficient (Wildman–Crippen LogP) is 3.00. The maximum Gasteiger partial charge on any atom is 0.335 e. The van der Waals surface area contributed by atoms with E-state index in [1.807, 2.05) is 18.2 Å². The van der Waals surface area contributed by atoms with Gasteiger partial charge >= 0.3 is 5.97 Å². The number of benzene rings is 2. The summed E-state index contributed by atoms with van der Waals surface area (Å²) in [6, 6.07) is 12.7. The normalized spacial score (nSPS) is 12.1. The van der Waals surface area contributed by atoms with Crippen molar-refractivity contribution in [1.29, 1.82) is 0 Å². The van der Waals surface area contributed by atoms with Gasteiger partial charge < -0.3 is 10.0 Å². The Kier molecular flexibility index (Phi) is 4.60. The molecular formula is C21H19N3O3S. The van der Waals surface area contributed by atoms with Crippen LogP contribution in [0.3, 0.4) is 0 Å². The van der Waals surface area contributed by atoms with Crippen molar-refractivity contribution in [2.75, 3.05) is 18.0 Å². The molecule has 142 valence electrons. The van der Waals surface area contributed by atoms with Crippen LogP contribution < -0.4 is 15.0 Å². The Balaban J connectivity index is 1.81. The number of carboxylic acids is 1. The minimum absolute atomic E-state index is 0.137. The minimum Gasteiger partial charge on any atom is -0.478 e. The molecule has 7 heteroatoms. The van der Waals surface area contributed by atoms with Crippen LogP contribution in [0.1, 0.15) is 29.8 Å². The van der Waals surface area contributed by atoms with Gasteiger partial charge in [-0.25, -0.2) is 14.2 Å². The molecule has 4 aromatic rings. The quantitative estimate of drug-likeness (QED) is 0.564. The minimum atomic E-state index is -1.03. The van der Waals surface area contributed by atoms with Gasteiger partial charge in [0, 0.05) is 18.8 Å². The monoisotopic (exact) mass is 393 g/mol. The van der Waals surface area contributed by atoms with Crippen LogP contribution in [0.4, 0.5) is 5.69 Å². The molecule has 0 unspecified atom stereocenters. The first kappa shape index (κ1) is 18.2. The lowest BCUT2D eigenvalue weighted by Gasteiger charge is -2.20. The topological polar surface area (TPSA) is 74.9 Å². The van der Waals surface area contributed by atoms with Crippen LogP contribution in [0.15, 0.2) is 47.3 Å². The molecule has 0 bridgehead atoms. The number of fused-ring (bicyclic) bond motifs is 3. The van der Waals surface area contributed by atoms with Gasteiger partial charge in [-0.05, 0) is 55.8 Å². The molecule has 0 radical (unpaired) electrons. The molecule has 6 nitrogen and oxygen atoms in total. The first-order valence-electron chi connectivity index (χ1n) is 9.07. The van der Waals surface area contributed by atoms with Crippen LogP contribution >= 0.6 is 11.3 Å². The van der Waals surface area contributed by atoms with Gasteiger partial charge in [0.15, 0.2) is 4.96 Å². The average Bonchev–Trinajstić information content (AvgIpc) is 3.20. The summed E-state index contributed by atoms with van der Waals surface area (Å²) >= 11 is 1.30. The van der Waals surface area contributed by atoms with E-state index in [1.54, 1.807) is 6.07 Å². The Morgan fingerprint density at radius 2 is 1.89 bits per heavy atom. The fourth-order valence-electron chi connectivity index (χ4n) is 3.32. The van der Waals surface area contributed by atoms with Crippen molar-refractivity contribution >= 4 is 45.1 Å². The van der Waals surface area contributed by atoms with Crippen molar-refractivity contribution in [2.24, 2.45) is 0 Å². The van der Waals surface area contributed by atoms with Crippen molar-refractivity contribution in [3.63, 3.8) is 0 Å². The van der Waals surface area contributed by atoms with E-state index >= 15 is 0 Å². The Morgan fingerprint density at radius 1 is 1.18 bits per heavy atom. The highest BCUT2D eigenvalue weighted by Crippen LogP contribution is 2.19. The molecule has 0 aliphatic heterocycles. The van der Waals surface area contributed by atoms with Gasteiger partial charge in [0.1, 0.15) is 0 Å². The maximum atomic E-state index is 12.9. The average molecular weight is 393 g/mol. The number of thiazole rings is 1. The number of aromatic nitrogens is 2. The summed E-state index contributed by atoms with van der Waals surface area (Å²) in [7, 11) is 0. The third-order valence-corrected chi connectivity index (χ3v) is 5.77. The van der Waals surface area contributed by atoms with Crippen LogP contribution in [0, 0.1) is 0 Å². The summed E-state index contributed by atoms with van der Waals surface area (Å²) in [5.41, 5.74) is 3.18. The van der Waals surface area contributed by atoms with Crippen molar-refractivity contribution in [3.8, 4) is 0 Å². The molecule has 0 saturated heterocycles. The van der Waals surface area contributed by atoms with Crippen molar-refractivity contribution in [2.45, 2.75) is 13.8 Å². The molecule has 2 aromatic carbocycles. The van der Waals surface area contributed by atoms with Crippen molar-refractivity contribution in [3.05, 3.63) is 68.5 Å². The van der Waals surface area contributed by atoms with Gasteiger partial charge in [0.25, 0.3) is 5.56 Å². The van der Waals surface area contributed by atoms with Gasteiger partial charge in [0.05, 0.1) is 21.1 Å². The lowest BCUT2D eigenvalue weighted by atomic mass is 10.2. The lowest BCUT2D eigenvalue weighted by molar-refractivity contribution is 0.0697. The third-order valence-electron chi connectivity index (χ3n) is 4.81. The lowest BCUT2D eigenvalue weighted by Crippen LogP contribution is -2.23. The zero-order valence-corrected chi connectivity index (χ0v) is 16.4. The SMILES string of the molecule is CCN(CC)c1ccc(/C=c2\sc3nc4ccc(C(=O)O)cc4n3c2=O)cc1. The Hall–Kier alpha value is -3.19. The number of rotatable bonds is 5. The summed E-state index contributed by atoms with van der Waals surface area (Å²) in [5.74, 6) is -1.03. The molecule has 0 aliphatic carbocycles. The second-order valence-corrected chi connectivity index (χ2v) is 7.43. The number of anilines is 1. The van der Waals surface area contributed by atoms with Gasteiger partial charge in [-0.2, -0.15) is 0 Å². The van der Waals surface area contributed by atoms with Crippen molar-refractivity contribution in [1.82, 2.24) is 9.38 Å². The second kappa shape index (κ2) is 7.09. The summed E-state index contributed by atoms with van der Waals surface area (Å²) in [6.07, 6.45) is 1.85. The van der Waals surface area contributed by atoms with E-state index in [2.05, 4.69) is 35.9 Å². The number of nitrogens with zero attached hydrogens (tertiary/aromatic N) is 3. The van der Waals surface area contributed by atoms with E-state index in [1.165, 1.54) is 27.9 Å². The van der Waals surface area contributed by atoms with Crippen LogP contribution in [-0.4, -0.2) is 33.6 Å². The van der Waals surface area contributed by atoms with Gasteiger partial charge in [-0.3, -0.25) is 4.79 Å². The third kappa shape index (κ3) is 3.03. The van der Waals surface area contributed by atoms with Gasteiger partial charge in [0.2, 0.25) is 0 Å². The molecule has 2 aromatic heterocycles. The molecule has 0 fully saturated rings. The number of carboxylic acid groups (broad SMARTS) is 1. The smallest absolute Gasteiger partial charge is 0.335 e. The molecular weight excluding hydrogens is 374 g/mol. The highest BCUT2D eigenvalue weighted by molar-refractivity contribution is 7.15. The van der Waals surface area contributed by atoms with E-state index in [0.29, 0.717) is 20.5 Å². The standard InChI is InChI=1S/C21H19N3O3S/c1-3-23(4-2)15-8-5-13(6-9-15)11-18-19(25)24-17-12-14(20(26)27)7-10-16(17)22-21(24)28-18/h5-12H,3-4H2,1-2H3,(H,26,27)/b18-11-. The Labute approximate surface area is 165 Å². The van der Waals surface area contributed by atoms with E-state index in [0.717, 1.165) is 24.3 Å². The van der Waals surface area contributed by atoms with E-state index in [-0.39, 0.29) is 11.1 Å². The summed E-state index contributed by atoms with van der Waals surface area (Å²) < 4.78 is 2.06. The molecule has 0 amide bonds.